The molecule has 1 saturated heterocycles. The van der Waals surface area contributed by atoms with Crippen molar-refractivity contribution in [2.24, 2.45) is 0 Å². The van der Waals surface area contributed by atoms with E-state index in [0.29, 0.717) is 0 Å². The van der Waals surface area contributed by atoms with Crippen LogP contribution >= 0.6 is 15.9 Å². The lowest BCUT2D eigenvalue weighted by Gasteiger charge is -2.19. The van der Waals surface area contributed by atoms with E-state index in [0.717, 1.165) is 13.1 Å². The van der Waals surface area contributed by atoms with Crippen LogP contribution < -0.4 is 5.32 Å². The second kappa shape index (κ2) is 8.03. The van der Waals surface area contributed by atoms with E-state index < -0.39 is 0 Å². The highest BCUT2D eigenvalue weighted by Crippen LogP contribution is 2.17. The Labute approximate surface area is 125 Å². The lowest BCUT2D eigenvalue weighted by atomic mass is 10.1. The van der Waals surface area contributed by atoms with Crippen LogP contribution in [0.3, 0.4) is 0 Å². The van der Waals surface area contributed by atoms with Crippen molar-refractivity contribution >= 4 is 15.9 Å². The molecule has 0 aromatic heterocycles. The molecule has 0 aliphatic carbocycles. The zero-order valence-corrected chi connectivity index (χ0v) is 13.5. The molecule has 2 nitrogen and oxygen atoms in total. The summed E-state index contributed by atoms with van der Waals surface area (Å²) in [5.74, 6) is 0. The average Bonchev–Trinajstić information content (AvgIpc) is 2.67. The van der Waals surface area contributed by atoms with E-state index in [1.807, 2.05) is 0 Å². The third-order valence-corrected chi connectivity index (χ3v) is 4.72. The summed E-state index contributed by atoms with van der Waals surface area (Å²) < 4.78 is 1.21. The predicted molar refractivity (Wildman–Crippen MR) is 85.5 cm³/mol. The Balaban J connectivity index is 1.67. The molecule has 19 heavy (non-hydrogen) atoms. The van der Waals surface area contributed by atoms with Crippen LogP contribution in [0.15, 0.2) is 22.7 Å². The van der Waals surface area contributed by atoms with Gasteiger partial charge in [-0.3, -0.25) is 0 Å². The highest BCUT2D eigenvalue weighted by molar-refractivity contribution is 9.10. The fourth-order valence-electron chi connectivity index (χ4n) is 2.58. The van der Waals surface area contributed by atoms with Gasteiger partial charge in [-0.25, -0.2) is 0 Å². The second-order valence-electron chi connectivity index (χ2n) is 5.52. The number of benzene rings is 1. The Morgan fingerprint density at radius 3 is 2.58 bits per heavy atom. The maximum absolute atomic E-state index is 3.59. The van der Waals surface area contributed by atoms with Gasteiger partial charge in [0.2, 0.25) is 0 Å². The first-order valence-electron chi connectivity index (χ1n) is 7.44. The summed E-state index contributed by atoms with van der Waals surface area (Å²) in [5.41, 5.74) is 2.65. The molecule has 0 bridgehead atoms. The number of hydrogen-bond acceptors (Lipinski definition) is 2. The third kappa shape index (κ3) is 5.25. The largest absolute Gasteiger partial charge is 0.311 e. The summed E-state index contributed by atoms with van der Waals surface area (Å²) in [5, 5.41) is 3.55. The highest BCUT2D eigenvalue weighted by atomic mass is 79.9. The molecule has 1 N–H and O–H groups in total. The minimum Gasteiger partial charge on any atom is -0.311 e. The van der Waals surface area contributed by atoms with Gasteiger partial charge < -0.3 is 10.2 Å². The molecule has 1 aliphatic heterocycles. The zero-order valence-electron chi connectivity index (χ0n) is 11.9. The molecule has 1 aromatic rings. The molecule has 1 heterocycles. The Bertz CT molecular complexity index is 384. The van der Waals surface area contributed by atoms with Crippen LogP contribution in [0.4, 0.5) is 0 Å². The summed E-state index contributed by atoms with van der Waals surface area (Å²) in [6, 6.07) is 6.60. The van der Waals surface area contributed by atoms with Gasteiger partial charge >= 0.3 is 0 Å². The van der Waals surface area contributed by atoms with E-state index in [2.05, 4.69) is 51.3 Å². The van der Waals surface area contributed by atoms with E-state index >= 15 is 0 Å². The van der Waals surface area contributed by atoms with Gasteiger partial charge in [-0.2, -0.15) is 0 Å². The molecule has 3 heteroatoms. The van der Waals surface area contributed by atoms with Crippen LogP contribution in [0.1, 0.15) is 36.8 Å². The molecule has 1 aliphatic rings. The van der Waals surface area contributed by atoms with Crippen molar-refractivity contribution in [1.82, 2.24) is 10.2 Å². The summed E-state index contributed by atoms with van der Waals surface area (Å²) in [4.78, 5) is 2.60. The first kappa shape index (κ1) is 15.0. The Kier molecular flexibility index (Phi) is 6.35. The fraction of sp³-hybridized carbons (Fsp3) is 0.625. The molecule has 1 fully saturated rings. The van der Waals surface area contributed by atoms with Crippen molar-refractivity contribution in [3.8, 4) is 0 Å². The average molecular weight is 325 g/mol. The van der Waals surface area contributed by atoms with Crippen molar-refractivity contribution < 1.29 is 0 Å². The Morgan fingerprint density at radius 1 is 1.16 bits per heavy atom. The first-order valence-corrected chi connectivity index (χ1v) is 8.23. The summed E-state index contributed by atoms with van der Waals surface area (Å²) in [6.07, 6.45) is 5.60. The standard InChI is InChI=1S/C16H25BrN2/c1-14-6-7-15(12-16(14)17)13-18-8-11-19-9-4-2-3-5-10-19/h6-7,12,18H,2-5,8-11,13H2,1H3. The molecular formula is C16H25BrN2. The van der Waals surface area contributed by atoms with Crippen LogP contribution in [0.25, 0.3) is 0 Å². The van der Waals surface area contributed by atoms with Gasteiger partial charge in [0.15, 0.2) is 0 Å². The number of aryl methyl sites for hydroxylation is 1. The van der Waals surface area contributed by atoms with E-state index in [1.165, 1.54) is 60.9 Å². The predicted octanol–water partition coefficient (Wildman–Crippen LogP) is 3.72. The topological polar surface area (TPSA) is 15.3 Å². The number of hydrogen-bond donors (Lipinski definition) is 1. The van der Waals surface area contributed by atoms with E-state index in [9.17, 15) is 0 Å². The SMILES string of the molecule is Cc1ccc(CNCCN2CCCCCC2)cc1Br. The quantitative estimate of drug-likeness (QED) is 0.830. The minimum absolute atomic E-state index is 0.965. The van der Waals surface area contributed by atoms with Crippen molar-refractivity contribution in [3.05, 3.63) is 33.8 Å². The zero-order chi connectivity index (χ0) is 13.5. The fourth-order valence-corrected chi connectivity index (χ4v) is 3.00. The van der Waals surface area contributed by atoms with Gasteiger partial charge in [0.05, 0.1) is 0 Å². The molecule has 0 saturated carbocycles. The van der Waals surface area contributed by atoms with Gasteiger partial charge in [-0.05, 0) is 50.0 Å². The molecule has 0 unspecified atom stereocenters. The van der Waals surface area contributed by atoms with Crippen LogP contribution in [-0.2, 0) is 6.54 Å². The molecule has 1 aromatic carbocycles. The summed E-state index contributed by atoms with van der Waals surface area (Å²) in [6.45, 7) is 7.95. The van der Waals surface area contributed by atoms with Gasteiger partial charge in [0.1, 0.15) is 0 Å². The Morgan fingerprint density at radius 2 is 1.89 bits per heavy atom. The molecule has 0 atom stereocenters. The minimum atomic E-state index is 0.965. The maximum atomic E-state index is 3.59. The van der Waals surface area contributed by atoms with Crippen molar-refractivity contribution in [3.63, 3.8) is 0 Å². The van der Waals surface area contributed by atoms with Crippen LogP contribution in [0, 0.1) is 6.92 Å². The van der Waals surface area contributed by atoms with Gasteiger partial charge in [-0.15, -0.1) is 0 Å². The third-order valence-electron chi connectivity index (χ3n) is 3.87. The number of rotatable bonds is 5. The molecule has 0 radical (unpaired) electrons. The molecular weight excluding hydrogens is 300 g/mol. The normalized spacial score (nSPS) is 17.4. The van der Waals surface area contributed by atoms with E-state index in [1.54, 1.807) is 0 Å². The van der Waals surface area contributed by atoms with Crippen LogP contribution in [0.2, 0.25) is 0 Å². The van der Waals surface area contributed by atoms with Crippen LogP contribution in [-0.4, -0.2) is 31.1 Å². The van der Waals surface area contributed by atoms with Gasteiger partial charge in [0, 0.05) is 24.1 Å². The van der Waals surface area contributed by atoms with Crippen molar-refractivity contribution in [2.75, 3.05) is 26.2 Å². The highest BCUT2D eigenvalue weighted by Gasteiger charge is 2.07. The number of nitrogens with zero attached hydrogens (tertiary/aromatic N) is 1. The molecule has 2 rings (SSSR count). The lowest BCUT2D eigenvalue weighted by Crippen LogP contribution is -2.32. The van der Waals surface area contributed by atoms with Crippen molar-refractivity contribution in [2.45, 2.75) is 39.2 Å². The maximum Gasteiger partial charge on any atom is 0.0207 e. The van der Waals surface area contributed by atoms with Gasteiger partial charge in [0.25, 0.3) is 0 Å². The molecule has 0 amide bonds. The number of nitrogens with one attached hydrogen (secondary N) is 1. The summed E-state index contributed by atoms with van der Waals surface area (Å²) in [7, 11) is 0. The monoisotopic (exact) mass is 324 g/mol. The lowest BCUT2D eigenvalue weighted by molar-refractivity contribution is 0.284. The van der Waals surface area contributed by atoms with Gasteiger partial charge in [-0.1, -0.05) is 40.9 Å². The van der Waals surface area contributed by atoms with E-state index in [-0.39, 0.29) is 0 Å². The smallest absolute Gasteiger partial charge is 0.0207 e. The number of halogens is 1. The second-order valence-corrected chi connectivity index (χ2v) is 6.37. The Hall–Kier alpha value is -0.380. The van der Waals surface area contributed by atoms with E-state index in [4.69, 9.17) is 0 Å². The number of likely N-dealkylation sites (tertiary alicyclic amines) is 1. The summed E-state index contributed by atoms with van der Waals surface area (Å²) >= 11 is 3.59. The molecule has 106 valence electrons. The first-order chi connectivity index (χ1) is 9.25. The van der Waals surface area contributed by atoms with Crippen molar-refractivity contribution in [1.29, 1.82) is 0 Å². The molecule has 0 spiro atoms. The van der Waals surface area contributed by atoms with Crippen LogP contribution in [0.5, 0.6) is 0 Å².